The van der Waals surface area contributed by atoms with Crippen LogP contribution < -0.4 is 10.6 Å². The molecule has 2 N–H and O–H groups in total. The van der Waals surface area contributed by atoms with Crippen molar-refractivity contribution in [2.24, 2.45) is 0 Å². The highest BCUT2D eigenvalue weighted by atomic mass is 79.9. The Bertz CT molecular complexity index is 767. The molecule has 0 bridgehead atoms. The Kier molecular flexibility index (Phi) is 6.14. The van der Waals surface area contributed by atoms with Crippen molar-refractivity contribution in [1.29, 1.82) is 0 Å². The smallest absolute Gasteiger partial charge is 0.241 e. The maximum Gasteiger partial charge on any atom is 0.241 e. The molecule has 0 fully saturated rings. The summed E-state index contributed by atoms with van der Waals surface area (Å²) in [6.45, 7) is 7.81. The van der Waals surface area contributed by atoms with Gasteiger partial charge in [-0.2, -0.15) is 0 Å². The second-order valence-corrected chi connectivity index (χ2v) is 7.91. The standard InChI is InChI=1S/C20H23BrN2O2/c1-13(23-20(2,3)4)19(25)22-17-11-10-15(21)12-16(17)18(24)14-8-6-5-7-9-14/h5-13,23H,1-4H3,(H,22,25). The largest absolute Gasteiger partial charge is 0.324 e. The number of hydrogen-bond donors (Lipinski definition) is 2. The van der Waals surface area contributed by atoms with E-state index in [1.54, 1.807) is 37.3 Å². The van der Waals surface area contributed by atoms with Crippen LogP contribution in [0.25, 0.3) is 0 Å². The Hall–Kier alpha value is -1.98. The van der Waals surface area contributed by atoms with E-state index in [-0.39, 0.29) is 23.3 Å². The number of carbonyl (C=O) groups excluding carboxylic acids is 2. The van der Waals surface area contributed by atoms with Crippen molar-refractivity contribution in [3.8, 4) is 0 Å². The van der Waals surface area contributed by atoms with E-state index in [2.05, 4.69) is 26.6 Å². The maximum atomic E-state index is 12.8. The van der Waals surface area contributed by atoms with Gasteiger partial charge < -0.3 is 10.6 Å². The highest BCUT2D eigenvalue weighted by Crippen LogP contribution is 2.24. The van der Waals surface area contributed by atoms with Crippen LogP contribution in [0.3, 0.4) is 0 Å². The van der Waals surface area contributed by atoms with E-state index < -0.39 is 0 Å². The predicted octanol–water partition coefficient (Wildman–Crippen LogP) is 4.40. The fourth-order valence-electron chi connectivity index (χ4n) is 2.51. The van der Waals surface area contributed by atoms with E-state index in [0.29, 0.717) is 16.8 Å². The lowest BCUT2D eigenvalue weighted by molar-refractivity contribution is -0.118. The number of hydrogen-bond acceptors (Lipinski definition) is 3. The van der Waals surface area contributed by atoms with Crippen LogP contribution in [0.2, 0.25) is 0 Å². The molecule has 0 aliphatic heterocycles. The van der Waals surface area contributed by atoms with Crippen LogP contribution >= 0.6 is 15.9 Å². The molecule has 2 rings (SSSR count). The summed E-state index contributed by atoms with van der Waals surface area (Å²) in [7, 11) is 0. The lowest BCUT2D eigenvalue weighted by Crippen LogP contribution is -2.48. The lowest BCUT2D eigenvalue weighted by atomic mass is 10.0. The van der Waals surface area contributed by atoms with E-state index in [9.17, 15) is 9.59 Å². The van der Waals surface area contributed by atoms with Gasteiger partial charge in [-0.15, -0.1) is 0 Å². The summed E-state index contributed by atoms with van der Waals surface area (Å²) in [5.41, 5.74) is 1.36. The molecule has 0 spiro atoms. The van der Waals surface area contributed by atoms with Gasteiger partial charge in [0.25, 0.3) is 0 Å². The minimum Gasteiger partial charge on any atom is -0.324 e. The molecular formula is C20H23BrN2O2. The fourth-order valence-corrected chi connectivity index (χ4v) is 2.88. The zero-order chi connectivity index (χ0) is 18.6. The first-order valence-corrected chi connectivity index (χ1v) is 8.94. The van der Waals surface area contributed by atoms with E-state index in [4.69, 9.17) is 0 Å². The normalized spacial score (nSPS) is 12.5. The number of rotatable bonds is 5. The van der Waals surface area contributed by atoms with Crippen molar-refractivity contribution < 1.29 is 9.59 Å². The first kappa shape index (κ1) is 19.3. The molecule has 4 nitrogen and oxygen atoms in total. The SMILES string of the molecule is CC(NC(C)(C)C)C(=O)Nc1ccc(Br)cc1C(=O)c1ccccc1. The maximum absolute atomic E-state index is 12.8. The van der Waals surface area contributed by atoms with Crippen LogP contribution in [0.1, 0.15) is 43.6 Å². The van der Waals surface area contributed by atoms with Gasteiger partial charge in [0.15, 0.2) is 5.78 Å². The molecule has 1 unspecified atom stereocenters. The molecule has 5 heteroatoms. The molecule has 132 valence electrons. The molecule has 1 atom stereocenters. The quantitative estimate of drug-likeness (QED) is 0.728. The molecule has 25 heavy (non-hydrogen) atoms. The van der Waals surface area contributed by atoms with Gasteiger partial charge in [-0.25, -0.2) is 0 Å². The van der Waals surface area contributed by atoms with Crippen molar-refractivity contribution in [1.82, 2.24) is 5.32 Å². The van der Waals surface area contributed by atoms with Crippen molar-refractivity contribution >= 4 is 33.3 Å². The van der Waals surface area contributed by atoms with Crippen LogP contribution in [0, 0.1) is 0 Å². The number of anilines is 1. The van der Waals surface area contributed by atoms with Crippen LogP contribution in [-0.4, -0.2) is 23.3 Å². The van der Waals surface area contributed by atoms with Gasteiger partial charge in [-0.05, 0) is 45.9 Å². The Morgan fingerprint density at radius 3 is 2.28 bits per heavy atom. The Morgan fingerprint density at radius 1 is 1.04 bits per heavy atom. The molecule has 2 aromatic carbocycles. The second-order valence-electron chi connectivity index (χ2n) is 6.99. The molecule has 0 saturated heterocycles. The molecule has 1 amide bonds. The summed E-state index contributed by atoms with van der Waals surface area (Å²) in [4.78, 5) is 25.3. The number of amides is 1. The fraction of sp³-hybridized carbons (Fsp3) is 0.300. The molecular weight excluding hydrogens is 380 g/mol. The van der Waals surface area contributed by atoms with Gasteiger partial charge in [0.05, 0.1) is 11.7 Å². The molecule has 0 aliphatic rings. The first-order valence-electron chi connectivity index (χ1n) is 8.15. The van der Waals surface area contributed by atoms with Crippen LogP contribution in [0.4, 0.5) is 5.69 Å². The number of ketones is 1. The van der Waals surface area contributed by atoms with E-state index >= 15 is 0 Å². The summed E-state index contributed by atoms with van der Waals surface area (Å²) in [6, 6.07) is 13.9. The lowest BCUT2D eigenvalue weighted by Gasteiger charge is -2.25. The summed E-state index contributed by atoms with van der Waals surface area (Å²) in [5.74, 6) is -0.312. The van der Waals surface area contributed by atoms with Gasteiger partial charge in [-0.3, -0.25) is 9.59 Å². The van der Waals surface area contributed by atoms with Gasteiger partial charge in [0.1, 0.15) is 0 Å². The molecule has 0 heterocycles. The van der Waals surface area contributed by atoms with Gasteiger partial charge in [0.2, 0.25) is 5.91 Å². The van der Waals surface area contributed by atoms with Crippen LogP contribution in [-0.2, 0) is 4.79 Å². The number of carbonyl (C=O) groups is 2. The minimum atomic E-state index is -0.386. The number of nitrogens with one attached hydrogen (secondary N) is 2. The van der Waals surface area contributed by atoms with Gasteiger partial charge in [0, 0.05) is 21.1 Å². The molecule has 0 radical (unpaired) electrons. The van der Waals surface area contributed by atoms with Gasteiger partial charge in [-0.1, -0.05) is 46.3 Å². The highest BCUT2D eigenvalue weighted by Gasteiger charge is 2.21. The number of halogens is 1. The zero-order valence-corrected chi connectivity index (χ0v) is 16.5. The van der Waals surface area contributed by atoms with Crippen molar-refractivity contribution in [2.45, 2.75) is 39.3 Å². The number of benzene rings is 2. The molecule has 0 aliphatic carbocycles. The van der Waals surface area contributed by atoms with E-state index in [0.717, 1.165) is 4.47 Å². The first-order chi connectivity index (χ1) is 11.7. The average Bonchev–Trinajstić information content (AvgIpc) is 2.55. The Labute approximate surface area is 157 Å². The Balaban J connectivity index is 2.27. The highest BCUT2D eigenvalue weighted by molar-refractivity contribution is 9.10. The summed E-state index contributed by atoms with van der Waals surface area (Å²) in [6.07, 6.45) is 0. The van der Waals surface area contributed by atoms with Crippen LogP contribution in [0.15, 0.2) is 53.0 Å². The van der Waals surface area contributed by atoms with E-state index in [1.807, 2.05) is 39.0 Å². The van der Waals surface area contributed by atoms with Crippen LogP contribution in [0.5, 0.6) is 0 Å². The third-order valence-electron chi connectivity index (χ3n) is 3.56. The molecule has 2 aromatic rings. The molecule has 0 aromatic heterocycles. The zero-order valence-electron chi connectivity index (χ0n) is 14.9. The summed E-state index contributed by atoms with van der Waals surface area (Å²) >= 11 is 3.39. The summed E-state index contributed by atoms with van der Waals surface area (Å²) in [5, 5.41) is 6.09. The summed E-state index contributed by atoms with van der Waals surface area (Å²) < 4.78 is 0.783. The topological polar surface area (TPSA) is 58.2 Å². The van der Waals surface area contributed by atoms with E-state index in [1.165, 1.54) is 0 Å². The van der Waals surface area contributed by atoms with Crippen molar-refractivity contribution in [2.75, 3.05) is 5.32 Å². The minimum absolute atomic E-state index is 0.131. The Morgan fingerprint density at radius 2 is 1.68 bits per heavy atom. The third kappa shape index (κ3) is 5.51. The van der Waals surface area contributed by atoms with Gasteiger partial charge >= 0.3 is 0 Å². The second kappa shape index (κ2) is 7.93. The van der Waals surface area contributed by atoms with Crippen molar-refractivity contribution in [3.63, 3.8) is 0 Å². The predicted molar refractivity (Wildman–Crippen MR) is 105 cm³/mol. The monoisotopic (exact) mass is 402 g/mol. The average molecular weight is 403 g/mol. The third-order valence-corrected chi connectivity index (χ3v) is 4.06. The molecule has 0 saturated carbocycles. The van der Waals surface area contributed by atoms with Crippen molar-refractivity contribution in [3.05, 3.63) is 64.1 Å².